The van der Waals surface area contributed by atoms with Crippen LogP contribution in [0.15, 0.2) is 4.52 Å². The lowest BCUT2D eigenvalue weighted by Crippen LogP contribution is -2.36. The molecule has 1 fully saturated rings. The van der Waals surface area contributed by atoms with Crippen molar-refractivity contribution < 1.29 is 4.52 Å². The summed E-state index contributed by atoms with van der Waals surface area (Å²) < 4.78 is 5.25. The lowest BCUT2D eigenvalue weighted by molar-refractivity contribution is 0.200. The van der Waals surface area contributed by atoms with Crippen LogP contribution in [0.4, 0.5) is 0 Å². The van der Waals surface area contributed by atoms with E-state index in [1.165, 1.54) is 19.4 Å². The number of likely N-dealkylation sites (N-methyl/N-ethyl adjacent to an activating group) is 1. The van der Waals surface area contributed by atoms with E-state index in [0.29, 0.717) is 12.1 Å². The van der Waals surface area contributed by atoms with Crippen molar-refractivity contribution in [2.45, 2.75) is 51.6 Å². The summed E-state index contributed by atoms with van der Waals surface area (Å²) in [6.07, 6.45) is 4.26. The summed E-state index contributed by atoms with van der Waals surface area (Å²) in [5, 5.41) is 7.17. The number of hydrogen-bond donors (Lipinski definition) is 1. The van der Waals surface area contributed by atoms with Gasteiger partial charge in [-0.25, -0.2) is 0 Å². The fraction of sp³-hybridized carbons (Fsp3) is 0.846. The van der Waals surface area contributed by atoms with Crippen molar-refractivity contribution in [2.75, 3.05) is 20.1 Å². The Balaban J connectivity index is 1.90. The molecule has 1 unspecified atom stereocenters. The topological polar surface area (TPSA) is 54.2 Å². The molecule has 0 aliphatic carbocycles. The number of likely N-dealkylation sites (tertiary alicyclic amines) is 1. The van der Waals surface area contributed by atoms with Gasteiger partial charge < -0.3 is 9.84 Å². The van der Waals surface area contributed by atoms with Gasteiger partial charge in [-0.05, 0) is 40.3 Å². The van der Waals surface area contributed by atoms with Crippen LogP contribution in [0.25, 0.3) is 0 Å². The second-order valence-corrected chi connectivity index (χ2v) is 5.29. The standard InChI is InChI=1S/C13H24N4O/c1-10(2)17-8-4-5-11(17)9-12-15-13(18-16-12)6-7-14-3/h10-11,14H,4-9H2,1-3H3. The first kappa shape index (κ1) is 13.5. The van der Waals surface area contributed by atoms with Crippen molar-refractivity contribution in [1.29, 1.82) is 0 Å². The Labute approximate surface area is 109 Å². The molecule has 18 heavy (non-hydrogen) atoms. The molecule has 5 nitrogen and oxygen atoms in total. The molecule has 1 aromatic heterocycles. The molecule has 0 radical (unpaired) electrons. The van der Waals surface area contributed by atoms with Gasteiger partial charge in [0.25, 0.3) is 0 Å². The zero-order valence-corrected chi connectivity index (χ0v) is 11.6. The fourth-order valence-corrected chi connectivity index (χ4v) is 2.67. The second kappa shape index (κ2) is 6.29. The number of rotatable bonds is 6. The van der Waals surface area contributed by atoms with E-state index in [2.05, 4.69) is 34.2 Å². The first-order chi connectivity index (χ1) is 8.70. The molecule has 102 valence electrons. The van der Waals surface area contributed by atoms with Crippen molar-refractivity contribution in [3.8, 4) is 0 Å². The minimum Gasteiger partial charge on any atom is -0.339 e. The largest absolute Gasteiger partial charge is 0.339 e. The molecule has 0 aromatic carbocycles. The highest BCUT2D eigenvalue weighted by Crippen LogP contribution is 2.22. The average Bonchev–Trinajstić information content (AvgIpc) is 2.96. The molecule has 1 atom stereocenters. The van der Waals surface area contributed by atoms with E-state index in [0.717, 1.165) is 31.1 Å². The predicted octanol–water partition coefficient (Wildman–Crippen LogP) is 1.25. The van der Waals surface area contributed by atoms with Gasteiger partial charge in [-0.2, -0.15) is 4.98 Å². The van der Waals surface area contributed by atoms with Crippen molar-refractivity contribution in [3.63, 3.8) is 0 Å². The zero-order chi connectivity index (χ0) is 13.0. The molecular weight excluding hydrogens is 228 g/mol. The summed E-state index contributed by atoms with van der Waals surface area (Å²) in [7, 11) is 1.93. The third-order valence-corrected chi connectivity index (χ3v) is 3.60. The summed E-state index contributed by atoms with van der Waals surface area (Å²) >= 11 is 0. The van der Waals surface area contributed by atoms with Crippen LogP contribution in [-0.2, 0) is 12.8 Å². The van der Waals surface area contributed by atoms with E-state index in [-0.39, 0.29) is 0 Å². The molecule has 1 N–H and O–H groups in total. The first-order valence-electron chi connectivity index (χ1n) is 6.92. The van der Waals surface area contributed by atoms with Crippen LogP contribution in [0.2, 0.25) is 0 Å². The summed E-state index contributed by atoms with van der Waals surface area (Å²) in [6, 6.07) is 1.19. The first-order valence-corrected chi connectivity index (χ1v) is 6.92. The van der Waals surface area contributed by atoms with E-state index in [1.807, 2.05) is 7.05 Å². The number of hydrogen-bond acceptors (Lipinski definition) is 5. The molecule has 0 spiro atoms. The van der Waals surface area contributed by atoms with Gasteiger partial charge in [0.15, 0.2) is 5.82 Å². The predicted molar refractivity (Wildman–Crippen MR) is 70.5 cm³/mol. The Kier molecular flexibility index (Phi) is 4.72. The summed E-state index contributed by atoms with van der Waals surface area (Å²) in [5.41, 5.74) is 0. The monoisotopic (exact) mass is 252 g/mol. The number of aromatic nitrogens is 2. The molecular formula is C13H24N4O. The van der Waals surface area contributed by atoms with Gasteiger partial charge in [0.1, 0.15) is 0 Å². The minimum atomic E-state index is 0.583. The normalized spacial score (nSPS) is 21.0. The van der Waals surface area contributed by atoms with E-state index in [4.69, 9.17) is 4.52 Å². The molecule has 1 aliphatic heterocycles. The minimum absolute atomic E-state index is 0.583. The molecule has 1 aromatic rings. The van der Waals surface area contributed by atoms with E-state index < -0.39 is 0 Å². The van der Waals surface area contributed by atoms with Crippen molar-refractivity contribution >= 4 is 0 Å². The Morgan fingerprint density at radius 2 is 2.33 bits per heavy atom. The van der Waals surface area contributed by atoms with Crippen molar-refractivity contribution in [2.24, 2.45) is 0 Å². The van der Waals surface area contributed by atoms with Gasteiger partial charge in [-0.3, -0.25) is 4.90 Å². The van der Waals surface area contributed by atoms with Crippen LogP contribution in [0, 0.1) is 0 Å². The lowest BCUT2D eigenvalue weighted by atomic mass is 10.1. The van der Waals surface area contributed by atoms with E-state index in [1.54, 1.807) is 0 Å². The van der Waals surface area contributed by atoms with Gasteiger partial charge in [-0.15, -0.1) is 0 Å². The van der Waals surface area contributed by atoms with Gasteiger partial charge >= 0.3 is 0 Å². The highest BCUT2D eigenvalue weighted by atomic mass is 16.5. The third kappa shape index (κ3) is 3.29. The summed E-state index contributed by atoms with van der Waals surface area (Å²) in [6.45, 7) is 6.59. The molecule has 2 rings (SSSR count). The fourth-order valence-electron chi connectivity index (χ4n) is 2.67. The summed E-state index contributed by atoms with van der Waals surface area (Å²) in [4.78, 5) is 7.01. The quantitative estimate of drug-likeness (QED) is 0.825. The van der Waals surface area contributed by atoms with E-state index in [9.17, 15) is 0 Å². The third-order valence-electron chi connectivity index (χ3n) is 3.60. The van der Waals surface area contributed by atoms with Crippen LogP contribution in [0.1, 0.15) is 38.4 Å². The van der Waals surface area contributed by atoms with Gasteiger partial charge in [0.2, 0.25) is 5.89 Å². The van der Waals surface area contributed by atoms with Gasteiger partial charge in [-0.1, -0.05) is 5.16 Å². The van der Waals surface area contributed by atoms with Crippen LogP contribution in [0.5, 0.6) is 0 Å². The SMILES string of the molecule is CNCCc1nc(CC2CCCN2C(C)C)no1. The Morgan fingerprint density at radius 3 is 3.06 bits per heavy atom. The van der Waals surface area contributed by atoms with Crippen molar-refractivity contribution in [1.82, 2.24) is 20.4 Å². The highest BCUT2D eigenvalue weighted by Gasteiger charge is 2.27. The molecule has 5 heteroatoms. The second-order valence-electron chi connectivity index (χ2n) is 5.29. The Hall–Kier alpha value is -0.940. The maximum Gasteiger partial charge on any atom is 0.227 e. The Morgan fingerprint density at radius 1 is 1.50 bits per heavy atom. The maximum absolute atomic E-state index is 5.25. The van der Waals surface area contributed by atoms with E-state index >= 15 is 0 Å². The highest BCUT2D eigenvalue weighted by molar-refractivity contribution is 4.94. The zero-order valence-electron chi connectivity index (χ0n) is 11.6. The molecule has 2 heterocycles. The van der Waals surface area contributed by atoms with Gasteiger partial charge in [0.05, 0.1) is 0 Å². The Bertz CT molecular complexity index is 364. The summed E-state index contributed by atoms with van der Waals surface area (Å²) in [5.74, 6) is 1.60. The van der Waals surface area contributed by atoms with Crippen LogP contribution in [0.3, 0.4) is 0 Å². The smallest absolute Gasteiger partial charge is 0.227 e. The molecule has 1 saturated heterocycles. The molecule has 0 bridgehead atoms. The molecule has 1 aliphatic rings. The number of nitrogens with zero attached hydrogens (tertiary/aromatic N) is 3. The lowest BCUT2D eigenvalue weighted by Gasteiger charge is -2.27. The van der Waals surface area contributed by atoms with Crippen molar-refractivity contribution in [3.05, 3.63) is 11.7 Å². The number of nitrogens with one attached hydrogen (secondary N) is 1. The van der Waals surface area contributed by atoms with Crippen LogP contribution in [-0.4, -0.2) is 47.3 Å². The van der Waals surface area contributed by atoms with Crippen LogP contribution < -0.4 is 5.32 Å². The average molecular weight is 252 g/mol. The van der Waals surface area contributed by atoms with Crippen LogP contribution >= 0.6 is 0 Å². The molecule has 0 amide bonds. The van der Waals surface area contributed by atoms with Gasteiger partial charge in [0, 0.05) is 31.5 Å². The maximum atomic E-state index is 5.25. The molecule has 0 saturated carbocycles.